The maximum absolute atomic E-state index is 12.3. The van der Waals surface area contributed by atoms with Crippen molar-refractivity contribution in [1.29, 1.82) is 0 Å². The largest absolute Gasteiger partial charge is 0.345 e. The summed E-state index contributed by atoms with van der Waals surface area (Å²) in [6.07, 6.45) is 3.88. The van der Waals surface area contributed by atoms with Crippen LogP contribution in [0, 0.1) is 5.92 Å². The summed E-state index contributed by atoms with van der Waals surface area (Å²) in [4.78, 5) is 16.3. The van der Waals surface area contributed by atoms with Crippen molar-refractivity contribution < 1.29 is 4.79 Å². The van der Waals surface area contributed by atoms with Gasteiger partial charge in [0.2, 0.25) is 0 Å². The zero-order chi connectivity index (χ0) is 13.9. The second-order valence-corrected chi connectivity index (χ2v) is 5.40. The second kappa shape index (κ2) is 5.63. The van der Waals surface area contributed by atoms with E-state index in [1.54, 1.807) is 18.3 Å². The van der Waals surface area contributed by atoms with Gasteiger partial charge in [0.05, 0.1) is 11.6 Å². The summed E-state index contributed by atoms with van der Waals surface area (Å²) in [5.74, 6) is 0.362. The third kappa shape index (κ3) is 2.83. The Hall–Kier alpha value is -1.87. The minimum Gasteiger partial charge on any atom is -0.345 e. The van der Waals surface area contributed by atoms with Crippen molar-refractivity contribution in [2.45, 2.75) is 18.9 Å². The van der Waals surface area contributed by atoms with E-state index in [9.17, 15) is 4.79 Å². The first kappa shape index (κ1) is 13.1. The van der Waals surface area contributed by atoms with Crippen molar-refractivity contribution >= 4 is 17.5 Å². The number of nitrogens with zero attached hydrogens (tertiary/aromatic N) is 1. The summed E-state index contributed by atoms with van der Waals surface area (Å²) in [5.41, 5.74) is 1.57. The molecular weight excluding hydrogens is 272 g/mol. The summed E-state index contributed by atoms with van der Waals surface area (Å²) < 4.78 is 0. The van der Waals surface area contributed by atoms with Crippen LogP contribution in [0.5, 0.6) is 0 Å². The van der Waals surface area contributed by atoms with E-state index in [0.29, 0.717) is 11.5 Å². The van der Waals surface area contributed by atoms with E-state index in [1.165, 1.54) is 0 Å². The number of carbonyl (C=O) groups excluding carboxylic acids is 1. The van der Waals surface area contributed by atoms with E-state index in [-0.39, 0.29) is 17.1 Å². The molecule has 102 valence electrons. The van der Waals surface area contributed by atoms with Crippen LogP contribution in [0.25, 0.3) is 0 Å². The summed E-state index contributed by atoms with van der Waals surface area (Å²) in [5, 5.41) is 3.33. The summed E-state index contributed by atoms with van der Waals surface area (Å²) in [7, 11) is 0. The molecule has 4 heteroatoms. The minimum absolute atomic E-state index is 0.0555. The smallest absolute Gasteiger partial charge is 0.254 e. The number of amides is 1. The molecule has 20 heavy (non-hydrogen) atoms. The Balaban J connectivity index is 1.81. The molecule has 1 fully saturated rings. The van der Waals surface area contributed by atoms with Crippen molar-refractivity contribution in [1.82, 2.24) is 10.3 Å². The van der Waals surface area contributed by atoms with Gasteiger partial charge in [0.15, 0.2) is 0 Å². The molecule has 0 radical (unpaired) electrons. The van der Waals surface area contributed by atoms with Crippen LogP contribution >= 0.6 is 11.6 Å². The Morgan fingerprint density at radius 2 is 1.95 bits per heavy atom. The van der Waals surface area contributed by atoms with Gasteiger partial charge in [-0.15, -0.1) is 0 Å². The Kier molecular flexibility index (Phi) is 3.70. The Bertz CT molecular complexity index is 611. The number of hydrogen-bond donors (Lipinski definition) is 1. The number of nitrogens with one attached hydrogen (secondary N) is 1. The van der Waals surface area contributed by atoms with Crippen molar-refractivity contribution in [3.8, 4) is 0 Å². The van der Waals surface area contributed by atoms with Crippen molar-refractivity contribution in [3.05, 3.63) is 64.9 Å². The second-order valence-electron chi connectivity index (χ2n) is 5.04. The van der Waals surface area contributed by atoms with Gasteiger partial charge in [0, 0.05) is 6.20 Å². The van der Waals surface area contributed by atoms with Gasteiger partial charge in [-0.3, -0.25) is 4.79 Å². The van der Waals surface area contributed by atoms with Gasteiger partial charge in [-0.2, -0.15) is 0 Å². The zero-order valence-corrected chi connectivity index (χ0v) is 11.7. The van der Waals surface area contributed by atoms with Crippen LogP contribution in [0.3, 0.4) is 0 Å². The first-order valence-electron chi connectivity index (χ1n) is 6.72. The Morgan fingerprint density at radius 3 is 2.60 bits per heavy atom. The molecule has 1 amide bonds. The van der Waals surface area contributed by atoms with Gasteiger partial charge in [-0.05, 0) is 36.5 Å². The van der Waals surface area contributed by atoms with Gasteiger partial charge in [0.1, 0.15) is 5.15 Å². The molecule has 1 heterocycles. The molecule has 1 aromatic carbocycles. The summed E-state index contributed by atoms with van der Waals surface area (Å²) in [6, 6.07) is 13.5. The lowest BCUT2D eigenvalue weighted by Crippen LogP contribution is -2.30. The molecule has 1 aliphatic rings. The summed E-state index contributed by atoms with van der Waals surface area (Å²) >= 11 is 5.97. The quantitative estimate of drug-likeness (QED) is 0.872. The highest BCUT2D eigenvalue weighted by Gasteiger charge is 2.33. The minimum atomic E-state index is -0.163. The van der Waals surface area contributed by atoms with E-state index in [4.69, 9.17) is 11.6 Å². The van der Waals surface area contributed by atoms with E-state index in [0.717, 1.165) is 18.4 Å². The lowest BCUT2D eigenvalue weighted by Gasteiger charge is -2.19. The van der Waals surface area contributed by atoms with E-state index in [2.05, 4.69) is 10.3 Å². The molecular formula is C16H15ClN2O. The van der Waals surface area contributed by atoms with Crippen LogP contribution in [0.1, 0.15) is 34.8 Å². The lowest BCUT2D eigenvalue weighted by atomic mass is 10.0. The highest BCUT2D eigenvalue weighted by molar-refractivity contribution is 6.32. The van der Waals surface area contributed by atoms with Crippen molar-refractivity contribution in [2.75, 3.05) is 0 Å². The van der Waals surface area contributed by atoms with Crippen LogP contribution in [0.15, 0.2) is 48.7 Å². The van der Waals surface area contributed by atoms with Crippen LogP contribution in [0.4, 0.5) is 0 Å². The maximum Gasteiger partial charge on any atom is 0.254 e. The van der Waals surface area contributed by atoms with Crippen LogP contribution in [0.2, 0.25) is 5.15 Å². The number of hydrogen-bond acceptors (Lipinski definition) is 2. The molecule has 1 unspecified atom stereocenters. The van der Waals surface area contributed by atoms with Gasteiger partial charge >= 0.3 is 0 Å². The zero-order valence-electron chi connectivity index (χ0n) is 10.9. The SMILES string of the molecule is O=C(NC(c1ccccc1)C1CC1)c1cccnc1Cl. The van der Waals surface area contributed by atoms with Crippen LogP contribution in [-0.4, -0.2) is 10.9 Å². The standard InChI is InChI=1S/C16H15ClN2O/c17-15-13(7-4-10-18-15)16(20)19-14(12-8-9-12)11-5-2-1-3-6-11/h1-7,10,12,14H,8-9H2,(H,19,20). The van der Waals surface area contributed by atoms with Crippen molar-refractivity contribution in [2.24, 2.45) is 5.92 Å². The van der Waals surface area contributed by atoms with E-state index >= 15 is 0 Å². The van der Waals surface area contributed by atoms with Gasteiger partial charge in [0.25, 0.3) is 5.91 Å². The molecule has 1 aliphatic carbocycles. The van der Waals surface area contributed by atoms with Gasteiger partial charge in [-0.1, -0.05) is 41.9 Å². The molecule has 0 saturated heterocycles. The molecule has 1 aromatic heterocycles. The molecule has 1 saturated carbocycles. The monoisotopic (exact) mass is 286 g/mol. The molecule has 0 bridgehead atoms. The fourth-order valence-electron chi connectivity index (χ4n) is 2.34. The molecule has 2 aromatic rings. The lowest BCUT2D eigenvalue weighted by molar-refractivity contribution is 0.0931. The van der Waals surface area contributed by atoms with E-state index < -0.39 is 0 Å². The third-order valence-corrected chi connectivity index (χ3v) is 3.84. The molecule has 3 rings (SSSR count). The molecule has 3 nitrogen and oxygen atoms in total. The highest BCUT2D eigenvalue weighted by Crippen LogP contribution is 2.41. The van der Waals surface area contributed by atoms with Gasteiger partial charge < -0.3 is 5.32 Å². The van der Waals surface area contributed by atoms with E-state index in [1.807, 2.05) is 30.3 Å². The van der Waals surface area contributed by atoms with Crippen LogP contribution < -0.4 is 5.32 Å². The maximum atomic E-state index is 12.3. The van der Waals surface area contributed by atoms with Crippen molar-refractivity contribution in [3.63, 3.8) is 0 Å². The predicted molar refractivity (Wildman–Crippen MR) is 78.6 cm³/mol. The van der Waals surface area contributed by atoms with Gasteiger partial charge in [-0.25, -0.2) is 4.98 Å². The van der Waals surface area contributed by atoms with Crippen LogP contribution in [-0.2, 0) is 0 Å². The highest BCUT2D eigenvalue weighted by atomic mass is 35.5. The fourth-order valence-corrected chi connectivity index (χ4v) is 2.54. The molecule has 1 N–H and O–H groups in total. The Morgan fingerprint density at radius 1 is 1.20 bits per heavy atom. The number of carbonyl (C=O) groups is 1. The number of benzene rings is 1. The summed E-state index contributed by atoms with van der Waals surface area (Å²) in [6.45, 7) is 0. The fraction of sp³-hybridized carbons (Fsp3) is 0.250. The first-order chi connectivity index (χ1) is 9.75. The number of halogens is 1. The predicted octanol–water partition coefficient (Wildman–Crippen LogP) is 3.62. The topological polar surface area (TPSA) is 42.0 Å². The third-order valence-electron chi connectivity index (χ3n) is 3.54. The molecule has 1 atom stereocenters. The number of rotatable bonds is 4. The molecule has 0 spiro atoms. The number of aromatic nitrogens is 1. The molecule has 0 aliphatic heterocycles. The number of pyridine rings is 1. The average molecular weight is 287 g/mol. The first-order valence-corrected chi connectivity index (χ1v) is 7.10. The average Bonchev–Trinajstić information content (AvgIpc) is 3.30. The Labute approximate surface area is 123 Å². The normalized spacial score (nSPS) is 15.7.